The van der Waals surface area contributed by atoms with E-state index in [-0.39, 0.29) is 11.5 Å². The average Bonchev–Trinajstić information content (AvgIpc) is 2.61. The molecule has 0 aliphatic carbocycles. The zero-order valence-electron chi connectivity index (χ0n) is 13.1. The second-order valence-corrected chi connectivity index (χ2v) is 6.12. The number of hydrogen-bond acceptors (Lipinski definition) is 6. The van der Waals surface area contributed by atoms with Crippen LogP contribution in [0.5, 0.6) is 0 Å². The maximum atomic E-state index is 11.6. The molecule has 3 rings (SSSR count). The van der Waals surface area contributed by atoms with E-state index in [1.165, 1.54) is 6.33 Å². The summed E-state index contributed by atoms with van der Waals surface area (Å²) in [5.74, 6) is 0.638. The topological polar surface area (TPSA) is 84.2 Å². The SMILES string of the molecule is O=[N+]([O-])c1c(NCc2ccc(Cl)cc2)ncnc1N1CCCCC1. The number of rotatable bonds is 5. The van der Waals surface area contributed by atoms with Gasteiger partial charge < -0.3 is 10.2 Å². The summed E-state index contributed by atoms with van der Waals surface area (Å²) in [5.41, 5.74) is 0.903. The molecule has 1 aromatic heterocycles. The highest BCUT2D eigenvalue weighted by Gasteiger charge is 2.27. The second-order valence-electron chi connectivity index (χ2n) is 5.68. The van der Waals surface area contributed by atoms with Crippen LogP contribution in [0, 0.1) is 10.1 Å². The van der Waals surface area contributed by atoms with Crippen molar-refractivity contribution in [1.82, 2.24) is 9.97 Å². The van der Waals surface area contributed by atoms with Crippen LogP contribution in [0.4, 0.5) is 17.3 Å². The molecule has 126 valence electrons. The first-order chi connectivity index (χ1) is 11.6. The van der Waals surface area contributed by atoms with Crippen LogP contribution in [-0.2, 0) is 6.54 Å². The number of anilines is 2. The Kier molecular flexibility index (Phi) is 5.10. The lowest BCUT2D eigenvalue weighted by Crippen LogP contribution is -2.31. The molecule has 8 heteroatoms. The molecule has 1 aliphatic rings. The van der Waals surface area contributed by atoms with Crippen LogP contribution >= 0.6 is 11.6 Å². The Morgan fingerprint density at radius 2 is 1.88 bits per heavy atom. The monoisotopic (exact) mass is 347 g/mol. The van der Waals surface area contributed by atoms with E-state index in [0.717, 1.165) is 37.9 Å². The number of nitrogens with one attached hydrogen (secondary N) is 1. The molecule has 0 saturated carbocycles. The highest BCUT2D eigenvalue weighted by Crippen LogP contribution is 2.33. The summed E-state index contributed by atoms with van der Waals surface area (Å²) in [4.78, 5) is 21.4. The standard InChI is InChI=1S/C16H18ClN5O2/c17-13-6-4-12(5-7-13)10-18-15-14(22(23)24)16(20-11-19-15)21-8-2-1-3-9-21/h4-7,11H,1-3,8-10H2,(H,18,19,20). The average molecular weight is 348 g/mol. The van der Waals surface area contributed by atoms with Crippen molar-refractivity contribution in [1.29, 1.82) is 0 Å². The normalized spacial score (nSPS) is 14.5. The van der Waals surface area contributed by atoms with Gasteiger partial charge in [-0.1, -0.05) is 23.7 Å². The molecule has 0 amide bonds. The largest absolute Gasteiger partial charge is 0.360 e. The molecule has 0 atom stereocenters. The third-order valence-electron chi connectivity index (χ3n) is 4.01. The molecule has 24 heavy (non-hydrogen) atoms. The molecule has 1 aliphatic heterocycles. The molecular formula is C16H18ClN5O2. The molecule has 0 unspecified atom stereocenters. The molecule has 0 radical (unpaired) electrons. The van der Waals surface area contributed by atoms with Crippen molar-refractivity contribution in [2.75, 3.05) is 23.3 Å². The number of nitrogens with zero attached hydrogens (tertiary/aromatic N) is 4. The van der Waals surface area contributed by atoms with E-state index < -0.39 is 4.92 Å². The zero-order chi connectivity index (χ0) is 16.9. The van der Waals surface area contributed by atoms with Gasteiger partial charge in [0.1, 0.15) is 6.33 Å². The minimum absolute atomic E-state index is 0.0617. The molecule has 2 aromatic rings. The fourth-order valence-corrected chi connectivity index (χ4v) is 2.92. The minimum Gasteiger partial charge on any atom is -0.360 e. The fraction of sp³-hybridized carbons (Fsp3) is 0.375. The summed E-state index contributed by atoms with van der Waals surface area (Å²) >= 11 is 5.87. The quantitative estimate of drug-likeness (QED) is 0.656. The lowest BCUT2D eigenvalue weighted by atomic mass is 10.1. The van der Waals surface area contributed by atoms with Gasteiger partial charge in [-0.15, -0.1) is 0 Å². The van der Waals surface area contributed by atoms with E-state index in [1.54, 1.807) is 12.1 Å². The van der Waals surface area contributed by atoms with Gasteiger partial charge in [0.25, 0.3) is 0 Å². The van der Waals surface area contributed by atoms with Crippen LogP contribution in [0.15, 0.2) is 30.6 Å². The van der Waals surface area contributed by atoms with E-state index in [0.29, 0.717) is 17.4 Å². The van der Waals surface area contributed by atoms with Crippen molar-refractivity contribution in [3.63, 3.8) is 0 Å². The number of halogens is 1. The van der Waals surface area contributed by atoms with Crippen LogP contribution in [0.2, 0.25) is 5.02 Å². The Balaban J connectivity index is 1.83. The third-order valence-corrected chi connectivity index (χ3v) is 4.27. The number of benzene rings is 1. The molecule has 0 bridgehead atoms. The summed E-state index contributed by atoms with van der Waals surface area (Å²) in [6.07, 6.45) is 4.57. The van der Waals surface area contributed by atoms with Crippen LogP contribution in [0.1, 0.15) is 24.8 Å². The van der Waals surface area contributed by atoms with E-state index in [9.17, 15) is 10.1 Å². The number of nitro groups is 1. The maximum absolute atomic E-state index is 11.6. The van der Waals surface area contributed by atoms with Crippen LogP contribution in [0.3, 0.4) is 0 Å². The van der Waals surface area contributed by atoms with Gasteiger partial charge >= 0.3 is 5.69 Å². The van der Waals surface area contributed by atoms with Gasteiger partial charge in [-0.05, 0) is 37.0 Å². The van der Waals surface area contributed by atoms with Gasteiger partial charge in [0.05, 0.1) is 4.92 Å². The number of hydrogen-bond donors (Lipinski definition) is 1. The first-order valence-electron chi connectivity index (χ1n) is 7.88. The first-order valence-corrected chi connectivity index (χ1v) is 8.25. The lowest BCUT2D eigenvalue weighted by Gasteiger charge is -2.27. The van der Waals surface area contributed by atoms with Gasteiger partial charge in [-0.25, -0.2) is 9.97 Å². The Labute approximate surface area is 144 Å². The van der Waals surface area contributed by atoms with Crippen LogP contribution in [0.25, 0.3) is 0 Å². The minimum atomic E-state index is -0.409. The Morgan fingerprint density at radius 1 is 1.17 bits per heavy atom. The molecule has 2 heterocycles. The van der Waals surface area contributed by atoms with Gasteiger partial charge in [0.2, 0.25) is 11.6 Å². The summed E-state index contributed by atoms with van der Waals surface area (Å²) in [6, 6.07) is 7.31. The van der Waals surface area contributed by atoms with Crippen molar-refractivity contribution < 1.29 is 4.92 Å². The van der Waals surface area contributed by atoms with Gasteiger partial charge in [-0.2, -0.15) is 0 Å². The number of piperidine rings is 1. The molecule has 7 nitrogen and oxygen atoms in total. The van der Waals surface area contributed by atoms with E-state index in [4.69, 9.17) is 11.6 Å². The maximum Gasteiger partial charge on any atom is 0.353 e. The van der Waals surface area contributed by atoms with E-state index in [2.05, 4.69) is 15.3 Å². The highest BCUT2D eigenvalue weighted by atomic mass is 35.5. The van der Waals surface area contributed by atoms with Gasteiger partial charge in [-0.3, -0.25) is 10.1 Å². The fourth-order valence-electron chi connectivity index (χ4n) is 2.79. The van der Waals surface area contributed by atoms with E-state index in [1.807, 2.05) is 17.0 Å². The second kappa shape index (κ2) is 7.44. The van der Waals surface area contributed by atoms with Crippen molar-refractivity contribution >= 4 is 28.9 Å². The van der Waals surface area contributed by atoms with Crippen LogP contribution in [-0.4, -0.2) is 28.0 Å². The molecule has 1 N–H and O–H groups in total. The highest BCUT2D eigenvalue weighted by molar-refractivity contribution is 6.30. The summed E-state index contributed by atoms with van der Waals surface area (Å²) in [5, 5.41) is 15.3. The predicted octanol–water partition coefficient (Wildman–Crippen LogP) is 3.64. The molecule has 1 aromatic carbocycles. The Hall–Kier alpha value is -2.41. The van der Waals surface area contributed by atoms with Gasteiger partial charge in [0.15, 0.2) is 0 Å². The molecule has 0 spiro atoms. The zero-order valence-corrected chi connectivity index (χ0v) is 13.9. The number of aromatic nitrogens is 2. The Bertz CT molecular complexity index is 717. The lowest BCUT2D eigenvalue weighted by molar-refractivity contribution is -0.383. The molecule has 1 fully saturated rings. The summed E-state index contributed by atoms with van der Waals surface area (Å²) < 4.78 is 0. The van der Waals surface area contributed by atoms with Crippen LogP contribution < -0.4 is 10.2 Å². The third kappa shape index (κ3) is 3.73. The van der Waals surface area contributed by atoms with Crippen molar-refractivity contribution in [3.05, 3.63) is 51.3 Å². The molecular weight excluding hydrogens is 330 g/mol. The summed E-state index contributed by atoms with van der Waals surface area (Å²) in [7, 11) is 0. The first kappa shape index (κ1) is 16.4. The van der Waals surface area contributed by atoms with Crippen molar-refractivity contribution in [2.45, 2.75) is 25.8 Å². The smallest absolute Gasteiger partial charge is 0.353 e. The van der Waals surface area contributed by atoms with Crippen molar-refractivity contribution in [3.8, 4) is 0 Å². The van der Waals surface area contributed by atoms with E-state index >= 15 is 0 Å². The Morgan fingerprint density at radius 3 is 2.54 bits per heavy atom. The molecule has 1 saturated heterocycles. The predicted molar refractivity (Wildman–Crippen MR) is 93.5 cm³/mol. The summed E-state index contributed by atoms with van der Waals surface area (Å²) in [6.45, 7) is 2.00. The van der Waals surface area contributed by atoms with Crippen molar-refractivity contribution in [2.24, 2.45) is 0 Å². The van der Waals surface area contributed by atoms with Gasteiger partial charge in [0, 0.05) is 24.7 Å².